The third-order valence-electron chi connectivity index (χ3n) is 14.7. The van der Waals surface area contributed by atoms with Crippen LogP contribution in [0.25, 0.3) is 0 Å². The third-order valence-corrected chi connectivity index (χ3v) is 14.7. The maximum Gasteiger partial charge on any atom is 0.306 e. The Balaban J connectivity index is 4.30. The average molecular weight is 1080 g/mol. The zero-order valence-electron chi connectivity index (χ0n) is 51.2. The minimum atomic E-state index is -0.785. The van der Waals surface area contributed by atoms with Crippen molar-refractivity contribution >= 4 is 17.9 Å². The van der Waals surface area contributed by atoms with Gasteiger partial charge in [0.25, 0.3) is 0 Å². The second-order valence-electron chi connectivity index (χ2n) is 22.3. The molecular formula is C71H126O6. The fraction of sp³-hybridized carbons (Fsp3) is 0.789. The number of hydrogen-bond donors (Lipinski definition) is 0. The van der Waals surface area contributed by atoms with Gasteiger partial charge in [0.1, 0.15) is 13.2 Å². The van der Waals surface area contributed by atoms with Gasteiger partial charge in [-0.25, -0.2) is 0 Å². The number of rotatable bonds is 61. The molecule has 0 saturated heterocycles. The van der Waals surface area contributed by atoms with Crippen molar-refractivity contribution in [3.63, 3.8) is 0 Å². The molecule has 0 aromatic heterocycles. The lowest BCUT2D eigenvalue weighted by Gasteiger charge is -2.18. The Kier molecular flexibility index (Phi) is 62.7. The summed E-state index contributed by atoms with van der Waals surface area (Å²) in [4.78, 5) is 38.4. The summed E-state index contributed by atoms with van der Waals surface area (Å²) in [6, 6.07) is 0. The van der Waals surface area contributed by atoms with Crippen LogP contribution in [0.4, 0.5) is 0 Å². The Morgan fingerprint density at radius 1 is 0.273 bits per heavy atom. The van der Waals surface area contributed by atoms with E-state index in [0.29, 0.717) is 19.3 Å². The highest BCUT2D eigenvalue weighted by molar-refractivity contribution is 5.71. The Labute approximate surface area is 478 Å². The van der Waals surface area contributed by atoms with Crippen LogP contribution in [0, 0.1) is 0 Å². The molecule has 0 rings (SSSR count). The minimum Gasteiger partial charge on any atom is -0.462 e. The summed E-state index contributed by atoms with van der Waals surface area (Å²) in [5.41, 5.74) is 0. The second kappa shape index (κ2) is 65.4. The van der Waals surface area contributed by atoms with Crippen LogP contribution in [-0.4, -0.2) is 37.2 Å². The van der Waals surface area contributed by atoms with Crippen molar-refractivity contribution in [2.24, 2.45) is 0 Å². The first kappa shape index (κ1) is 73.8. The number of esters is 3. The largest absolute Gasteiger partial charge is 0.462 e. The maximum atomic E-state index is 12.9. The van der Waals surface area contributed by atoms with Crippen molar-refractivity contribution in [2.75, 3.05) is 13.2 Å². The summed E-state index contributed by atoms with van der Waals surface area (Å²) in [5.74, 6) is -0.882. The highest BCUT2D eigenvalue weighted by atomic mass is 16.6. The van der Waals surface area contributed by atoms with Gasteiger partial charge in [0.2, 0.25) is 0 Å². The number of hydrogen-bond acceptors (Lipinski definition) is 6. The quantitative estimate of drug-likeness (QED) is 0.0261. The highest BCUT2D eigenvalue weighted by Gasteiger charge is 2.19. The Bertz CT molecular complexity index is 1420. The predicted molar refractivity (Wildman–Crippen MR) is 335 cm³/mol. The monoisotopic (exact) mass is 1070 g/mol. The van der Waals surface area contributed by atoms with Gasteiger partial charge in [-0.2, -0.15) is 0 Å². The van der Waals surface area contributed by atoms with Crippen LogP contribution in [0.3, 0.4) is 0 Å². The first-order valence-corrected chi connectivity index (χ1v) is 33.4. The van der Waals surface area contributed by atoms with Gasteiger partial charge >= 0.3 is 17.9 Å². The van der Waals surface area contributed by atoms with Crippen molar-refractivity contribution in [2.45, 2.75) is 348 Å². The van der Waals surface area contributed by atoms with E-state index in [9.17, 15) is 14.4 Å². The van der Waals surface area contributed by atoms with Gasteiger partial charge in [-0.05, 0) is 83.5 Å². The molecule has 0 radical (unpaired) electrons. The van der Waals surface area contributed by atoms with E-state index in [2.05, 4.69) is 93.7 Å². The molecule has 6 nitrogen and oxygen atoms in total. The van der Waals surface area contributed by atoms with Crippen LogP contribution >= 0.6 is 0 Å². The van der Waals surface area contributed by atoms with Crippen LogP contribution in [0.1, 0.15) is 342 Å². The summed E-state index contributed by atoms with van der Waals surface area (Å²) in [6.07, 6.45) is 84.9. The molecule has 0 bridgehead atoms. The average Bonchev–Trinajstić information content (AvgIpc) is 3.43. The number of unbranched alkanes of at least 4 members (excludes halogenated alkanes) is 38. The number of carbonyl (C=O) groups is 3. The molecule has 0 aliphatic carbocycles. The van der Waals surface area contributed by atoms with Crippen LogP contribution in [0.2, 0.25) is 0 Å². The van der Waals surface area contributed by atoms with Gasteiger partial charge in [0.15, 0.2) is 6.10 Å². The lowest BCUT2D eigenvalue weighted by atomic mass is 10.0. The van der Waals surface area contributed by atoms with E-state index >= 15 is 0 Å². The van der Waals surface area contributed by atoms with Crippen molar-refractivity contribution < 1.29 is 28.6 Å². The molecular weight excluding hydrogens is 949 g/mol. The van der Waals surface area contributed by atoms with Gasteiger partial charge in [-0.1, -0.05) is 312 Å². The molecule has 77 heavy (non-hydrogen) atoms. The predicted octanol–water partition coefficient (Wildman–Crippen LogP) is 22.9. The summed E-state index contributed by atoms with van der Waals surface area (Å²) in [7, 11) is 0. The first-order valence-electron chi connectivity index (χ1n) is 33.4. The smallest absolute Gasteiger partial charge is 0.306 e. The van der Waals surface area contributed by atoms with Crippen molar-refractivity contribution in [3.8, 4) is 0 Å². The third kappa shape index (κ3) is 63.6. The minimum absolute atomic E-state index is 0.0798. The molecule has 0 aliphatic rings. The summed E-state index contributed by atoms with van der Waals surface area (Å²) < 4.78 is 17.0. The molecule has 0 fully saturated rings. The maximum absolute atomic E-state index is 12.9. The van der Waals surface area contributed by atoms with Gasteiger partial charge in [0.05, 0.1) is 0 Å². The standard InChI is InChI=1S/C71H126O6/c1-4-7-10-13-16-19-22-25-28-31-32-33-34-35-36-37-38-41-43-46-49-52-55-58-61-64-70(73)76-67-68(77-71(74)65-62-59-56-53-50-47-44-40-30-27-24-21-18-15-12-9-6-3)66-75-69(72)63-60-57-54-51-48-45-42-39-29-26-23-20-17-14-11-8-5-2/h8-9,11-12,17-18,20-21,26-27,29-30,68H,4-7,10,13-16,19,22-25,28,31-67H2,1-3H3/b11-8-,12-9-,20-17-,21-18-,29-26-,30-27-. The second-order valence-corrected chi connectivity index (χ2v) is 22.3. The zero-order valence-corrected chi connectivity index (χ0v) is 51.2. The lowest BCUT2D eigenvalue weighted by Crippen LogP contribution is -2.30. The van der Waals surface area contributed by atoms with E-state index in [-0.39, 0.29) is 31.1 Å². The fourth-order valence-corrected chi connectivity index (χ4v) is 9.77. The normalized spacial score (nSPS) is 12.5. The van der Waals surface area contributed by atoms with Crippen LogP contribution < -0.4 is 0 Å². The Morgan fingerprint density at radius 3 is 0.792 bits per heavy atom. The van der Waals surface area contributed by atoms with E-state index in [1.54, 1.807) is 0 Å². The lowest BCUT2D eigenvalue weighted by molar-refractivity contribution is -0.167. The molecule has 0 aromatic carbocycles. The molecule has 0 saturated carbocycles. The molecule has 446 valence electrons. The summed E-state index contributed by atoms with van der Waals surface area (Å²) in [6.45, 7) is 6.46. The number of ether oxygens (including phenoxy) is 3. The fourth-order valence-electron chi connectivity index (χ4n) is 9.77. The molecule has 1 unspecified atom stereocenters. The Morgan fingerprint density at radius 2 is 0.506 bits per heavy atom. The van der Waals surface area contributed by atoms with Gasteiger partial charge < -0.3 is 14.2 Å². The van der Waals surface area contributed by atoms with Gasteiger partial charge in [-0.3, -0.25) is 14.4 Å². The molecule has 0 spiro atoms. The van der Waals surface area contributed by atoms with E-state index in [1.807, 2.05) is 0 Å². The topological polar surface area (TPSA) is 78.9 Å². The number of carbonyl (C=O) groups excluding carboxylic acids is 3. The first-order chi connectivity index (χ1) is 38.0. The zero-order chi connectivity index (χ0) is 55.7. The van der Waals surface area contributed by atoms with Crippen molar-refractivity contribution in [1.29, 1.82) is 0 Å². The van der Waals surface area contributed by atoms with E-state index in [4.69, 9.17) is 14.2 Å². The number of allylic oxidation sites excluding steroid dienone is 12. The van der Waals surface area contributed by atoms with E-state index in [1.165, 1.54) is 193 Å². The van der Waals surface area contributed by atoms with Crippen LogP contribution in [-0.2, 0) is 28.6 Å². The summed E-state index contributed by atoms with van der Waals surface area (Å²) >= 11 is 0. The Hall–Kier alpha value is -3.15. The van der Waals surface area contributed by atoms with Crippen molar-refractivity contribution in [1.82, 2.24) is 0 Å². The van der Waals surface area contributed by atoms with E-state index < -0.39 is 6.10 Å². The SMILES string of the molecule is CC/C=C\C/C=C\C/C=C\CCCCCCCCCC(=O)OCC(COC(=O)CCCCCCCCCCCCCCCCCCCCCCCCCCC)OC(=O)CCCCCCCCC/C=C\C/C=C\C/C=C\CC. The molecule has 0 aliphatic heterocycles. The van der Waals surface area contributed by atoms with Crippen molar-refractivity contribution in [3.05, 3.63) is 72.9 Å². The highest BCUT2D eigenvalue weighted by Crippen LogP contribution is 2.18. The van der Waals surface area contributed by atoms with E-state index in [0.717, 1.165) is 109 Å². The van der Waals surface area contributed by atoms with Crippen LogP contribution in [0.5, 0.6) is 0 Å². The summed E-state index contributed by atoms with van der Waals surface area (Å²) in [5, 5.41) is 0. The van der Waals surface area contributed by atoms with Crippen LogP contribution in [0.15, 0.2) is 72.9 Å². The molecule has 1 atom stereocenters. The molecule has 0 aromatic rings. The molecule has 0 amide bonds. The molecule has 0 heterocycles. The molecule has 0 N–H and O–H groups in total. The van der Waals surface area contributed by atoms with Gasteiger partial charge in [0, 0.05) is 19.3 Å². The van der Waals surface area contributed by atoms with Gasteiger partial charge in [-0.15, -0.1) is 0 Å². The molecule has 6 heteroatoms.